The molecule has 1 aliphatic heterocycles. The summed E-state index contributed by atoms with van der Waals surface area (Å²) < 4.78 is 0. The highest BCUT2D eigenvalue weighted by molar-refractivity contribution is 5.78. The molecule has 25 heavy (non-hydrogen) atoms. The van der Waals surface area contributed by atoms with Gasteiger partial charge >= 0.3 is 0 Å². The number of rotatable bonds is 7. The monoisotopic (exact) mass is 346 g/mol. The first-order valence-corrected chi connectivity index (χ1v) is 9.09. The van der Waals surface area contributed by atoms with E-state index in [1.54, 1.807) is 18.1 Å². The number of carbonyl (C=O) groups excluding carboxylic acids is 2. The minimum atomic E-state index is 0.0567. The van der Waals surface area contributed by atoms with Gasteiger partial charge in [0.1, 0.15) is 0 Å². The van der Waals surface area contributed by atoms with Crippen LogP contribution in [0.3, 0.4) is 0 Å². The van der Waals surface area contributed by atoms with E-state index < -0.39 is 0 Å². The Morgan fingerprint density at radius 1 is 1.28 bits per heavy atom. The highest BCUT2D eigenvalue weighted by atomic mass is 16.2. The Morgan fingerprint density at radius 2 is 2.00 bits per heavy atom. The topological polar surface area (TPSA) is 56.8 Å². The number of hydrogen-bond donors (Lipinski definition) is 0. The normalized spacial score (nSPS) is 20.5. The minimum Gasteiger partial charge on any atom is -0.328 e. The molecule has 2 amide bonds. The lowest BCUT2D eigenvalue weighted by molar-refractivity contribution is -0.138. The molecule has 1 saturated heterocycles. The third-order valence-corrected chi connectivity index (χ3v) is 5.02. The third-order valence-electron chi connectivity index (χ3n) is 5.02. The molecule has 2 heterocycles. The van der Waals surface area contributed by atoms with Gasteiger partial charge in [0.25, 0.3) is 0 Å². The first kappa shape index (κ1) is 19.4. The molecule has 0 N–H and O–H groups in total. The molecule has 0 saturated carbocycles. The van der Waals surface area contributed by atoms with Crippen molar-refractivity contribution in [3.8, 4) is 0 Å². The Morgan fingerprint density at radius 3 is 2.60 bits per heavy atom. The van der Waals surface area contributed by atoms with Crippen LogP contribution in [0.5, 0.6) is 0 Å². The fourth-order valence-corrected chi connectivity index (χ4v) is 3.64. The number of pyridine rings is 1. The molecule has 1 fully saturated rings. The molecule has 0 aromatic carbocycles. The van der Waals surface area contributed by atoms with Crippen LogP contribution >= 0.6 is 0 Å². The second-order valence-electron chi connectivity index (χ2n) is 6.82. The zero-order chi connectivity index (χ0) is 18.4. The minimum absolute atomic E-state index is 0.0567. The van der Waals surface area contributed by atoms with Crippen LogP contribution in [-0.4, -0.2) is 65.4 Å². The molecule has 138 valence electrons. The summed E-state index contributed by atoms with van der Waals surface area (Å²) in [5.74, 6) is 0.492. The molecule has 1 aliphatic rings. The lowest BCUT2D eigenvalue weighted by Gasteiger charge is -2.33. The first-order valence-electron chi connectivity index (χ1n) is 9.09. The molecule has 6 nitrogen and oxygen atoms in total. The van der Waals surface area contributed by atoms with Crippen molar-refractivity contribution in [1.29, 1.82) is 0 Å². The van der Waals surface area contributed by atoms with Crippen molar-refractivity contribution in [2.75, 3.05) is 33.9 Å². The van der Waals surface area contributed by atoms with Gasteiger partial charge in [-0.1, -0.05) is 19.9 Å². The molecule has 2 unspecified atom stereocenters. The zero-order valence-corrected chi connectivity index (χ0v) is 15.8. The average Bonchev–Trinajstić information content (AvgIpc) is 3.00. The van der Waals surface area contributed by atoms with Gasteiger partial charge in [-0.25, -0.2) is 0 Å². The first-order chi connectivity index (χ1) is 12.0. The predicted molar refractivity (Wildman–Crippen MR) is 97.6 cm³/mol. The smallest absolute Gasteiger partial charge is 0.223 e. The van der Waals surface area contributed by atoms with E-state index in [1.807, 2.05) is 31.0 Å². The highest BCUT2D eigenvalue weighted by Crippen LogP contribution is 2.36. The molecule has 0 radical (unpaired) electrons. The number of hydrogen-bond acceptors (Lipinski definition) is 4. The van der Waals surface area contributed by atoms with Gasteiger partial charge < -0.3 is 9.80 Å². The van der Waals surface area contributed by atoms with E-state index in [4.69, 9.17) is 0 Å². The Labute approximate surface area is 150 Å². The van der Waals surface area contributed by atoms with Crippen molar-refractivity contribution in [2.24, 2.45) is 5.92 Å². The van der Waals surface area contributed by atoms with Crippen molar-refractivity contribution in [3.05, 3.63) is 30.1 Å². The summed E-state index contributed by atoms with van der Waals surface area (Å²) in [5, 5.41) is 0. The van der Waals surface area contributed by atoms with Crippen LogP contribution in [0.1, 0.15) is 44.7 Å². The predicted octanol–water partition coefficient (Wildman–Crippen LogP) is 2.14. The van der Waals surface area contributed by atoms with Crippen molar-refractivity contribution in [1.82, 2.24) is 19.7 Å². The van der Waals surface area contributed by atoms with E-state index in [1.165, 1.54) is 5.56 Å². The molecular weight excluding hydrogens is 316 g/mol. The van der Waals surface area contributed by atoms with Crippen LogP contribution in [0.4, 0.5) is 0 Å². The molecular formula is C19H30N4O2. The van der Waals surface area contributed by atoms with E-state index in [2.05, 4.69) is 23.0 Å². The molecule has 2 rings (SSSR count). The summed E-state index contributed by atoms with van der Waals surface area (Å²) >= 11 is 0. The molecule has 2 atom stereocenters. The zero-order valence-electron chi connectivity index (χ0n) is 15.8. The van der Waals surface area contributed by atoms with E-state index in [9.17, 15) is 9.59 Å². The standard InChI is InChI=1S/C19H30N4O2/c1-5-17(24)22(4)14-23(18(25)6-2)13-16-9-11-21(3)19(16)15-8-7-10-20-12-15/h7-8,10,12,16,19H,5-6,9,11,13-14H2,1-4H3. The summed E-state index contributed by atoms with van der Waals surface area (Å²) in [7, 11) is 3.89. The molecule has 1 aromatic heterocycles. The van der Waals surface area contributed by atoms with Gasteiger partial charge in [-0.05, 0) is 37.6 Å². The van der Waals surface area contributed by atoms with E-state index in [0.717, 1.165) is 13.0 Å². The van der Waals surface area contributed by atoms with Crippen molar-refractivity contribution in [2.45, 2.75) is 39.2 Å². The van der Waals surface area contributed by atoms with Crippen LogP contribution in [-0.2, 0) is 9.59 Å². The van der Waals surface area contributed by atoms with E-state index >= 15 is 0 Å². The van der Waals surface area contributed by atoms with Crippen LogP contribution in [0.15, 0.2) is 24.5 Å². The second kappa shape index (κ2) is 8.94. The number of nitrogens with zero attached hydrogens (tertiary/aromatic N) is 4. The summed E-state index contributed by atoms with van der Waals surface area (Å²) in [6.45, 7) is 5.74. The lowest BCUT2D eigenvalue weighted by atomic mass is 9.94. The quantitative estimate of drug-likeness (QED) is 0.710. The van der Waals surface area contributed by atoms with Crippen molar-refractivity contribution >= 4 is 11.8 Å². The maximum atomic E-state index is 12.4. The number of carbonyl (C=O) groups is 2. The summed E-state index contributed by atoms with van der Waals surface area (Å²) in [4.78, 5) is 34.4. The van der Waals surface area contributed by atoms with Gasteiger partial charge in [0, 0.05) is 44.9 Å². The van der Waals surface area contributed by atoms with Crippen LogP contribution in [0.25, 0.3) is 0 Å². The molecule has 1 aromatic rings. The van der Waals surface area contributed by atoms with E-state index in [-0.39, 0.29) is 17.9 Å². The summed E-state index contributed by atoms with van der Waals surface area (Å²) in [5.41, 5.74) is 1.19. The van der Waals surface area contributed by atoms with Crippen molar-refractivity contribution in [3.63, 3.8) is 0 Å². The Hall–Kier alpha value is -1.95. The van der Waals surface area contributed by atoms with Gasteiger partial charge in [0.05, 0.1) is 6.67 Å². The van der Waals surface area contributed by atoms with E-state index in [0.29, 0.717) is 32.0 Å². The molecule has 0 aliphatic carbocycles. The van der Waals surface area contributed by atoms with Gasteiger partial charge in [-0.3, -0.25) is 19.5 Å². The number of aromatic nitrogens is 1. The fourth-order valence-electron chi connectivity index (χ4n) is 3.64. The van der Waals surface area contributed by atoms with Crippen molar-refractivity contribution < 1.29 is 9.59 Å². The second-order valence-corrected chi connectivity index (χ2v) is 6.82. The lowest BCUT2D eigenvalue weighted by Crippen LogP contribution is -2.44. The number of likely N-dealkylation sites (tertiary alicyclic amines) is 1. The fraction of sp³-hybridized carbons (Fsp3) is 0.632. The van der Waals surface area contributed by atoms with Crippen LogP contribution in [0, 0.1) is 5.92 Å². The third kappa shape index (κ3) is 4.78. The maximum Gasteiger partial charge on any atom is 0.223 e. The van der Waals surface area contributed by atoms with Gasteiger partial charge in [0.2, 0.25) is 11.8 Å². The largest absolute Gasteiger partial charge is 0.328 e. The molecule has 0 spiro atoms. The van der Waals surface area contributed by atoms with Gasteiger partial charge in [0.15, 0.2) is 0 Å². The van der Waals surface area contributed by atoms with Gasteiger partial charge in [-0.2, -0.15) is 0 Å². The Balaban J connectivity index is 2.13. The molecule has 0 bridgehead atoms. The van der Waals surface area contributed by atoms with Crippen LogP contribution in [0.2, 0.25) is 0 Å². The van der Waals surface area contributed by atoms with Crippen LogP contribution < -0.4 is 0 Å². The highest BCUT2D eigenvalue weighted by Gasteiger charge is 2.35. The summed E-state index contributed by atoms with van der Waals surface area (Å²) in [6.07, 6.45) is 5.64. The maximum absolute atomic E-state index is 12.4. The molecule has 6 heteroatoms. The summed E-state index contributed by atoms with van der Waals surface area (Å²) in [6, 6.07) is 4.32. The SMILES string of the molecule is CCC(=O)N(C)CN(CC1CCN(C)C1c1cccnc1)C(=O)CC. The number of amides is 2. The Bertz CT molecular complexity index is 578. The average molecular weight is 346 g/mol. The van der Waals surface area contributed by atoms with Gasteiger partial charge in [-0.15, -0.1) is 0 Å². The Kier molecular flexibility index (Phi) is 6.93.